The molecule has 26 heavy (non-hydrogen) atoms. The van der Waals surface area contributed by atoms with E-state index in [4.69, 9.17) is 4.74 Å². The summed E-state index contributed by atoms with van der Waals surface area (Å²) >= 11 is 5.08. The molecule has 136 valence electrons. The molecule has 0 aromatic heterocycles. The lowest BCUT2D eigenvalue weighted by atomic mass is 10.1. The van der Waals surface area contributed by atoms with Gasteiger partial charge in [0.15, 0.2) is 0 Å². The zero-order valence-corrected chi connectivity index (χ0v) is 16.3. The van der Waals surface area contributed by atoms with E-state index < -0.39 is 11.6 Å². The quantitative estimate of drug-likeness (QED) is 0.626. The van der Waals surface area contributed by atoms with Gasteiger partial charge in [-0.15, -0.1) is 11.8 Å². The number of halogens is 3. The normalized spacial score (nSPS) is 17.1. The largest absolute Gasteiger partial charge is 0.496 e. The summed E-state index contributed by atoms with van der Waals surface area (Å²) in [5.41, 5.74) is 0.935. The van der Waals surface area contributed by atoms with Crippen molar-refractivity contribution in [2.75, 3.05) is 19.4 Å². The molecule has 1 atom stereocenters. The van der Waals surface area contributed by atoms with E-state index in [2.05, 4.69) is 15.9 Å². The second-order valence-electron chi connectivity index (χ2n) is 5.64. The number of methoxy groups -OCH3 is 1. The molecular formula is C19H16BrF2NO2S. The maximum atomic E-state index is 13.7. The van der Waals surface area contributed by atoms with Gasteiger partial charge in [-0.05, 0) is 42.5 Å². The van der Waals surface area contributed by atoms with Crippen molar-refractivity contribution < 1.29 is 18.3 Å². The second-order valence-corrected chi connectivity index (χ2v) is 7.74. The molecule has 7 heteroatoms. The topological polar surface area (TPSA) is 29.5 Å². The summed E-state index contributed by atoms with van der Waals surface area (Å²) in [6.07, 6.45) is 2.58. The van der Waals surface area contributed by atoms with Crippen LogP contribution in [0.2, 0.25) is 0 Å². The van der Waals surface area contributed by atoms with Crippen LogP contribution in [0.1, 0.15) is 16.5 Å². The highest BCUT2D eigenvalue weighted by molar-refractivity contribution is 9.10. The van der Waals surface area contributed by atoms with E-state index in [1.54, 1.807) is 23.8 Å². The molecule has 0 spiro atoms. The van der Waals surface area contributed by atoms with E-state index in [0.717, 1.165) is 34.0 Å². The van der Waals surface area contributed by atoms with Gasteiger partial charge in [0.2, 0.25) is 5.91 Å². The van der Waals surface area contributed by atoms with E-state index in [0.29, 0.717) is 12.3 Å². The van der Waals surface area contributed by atoms with Gasteiger partial charge in [0.05, 0.1) is 7.11 Å². The number of carbonyl (C=O) groups excluding carboxylic acids is 1. The number of rotatable bonds is 4. The van der Waals surface area contributed by atoms with Crippen molar-refractivity contribution in [3.05, 3.63) is 69.7 Å². The van der Waals surface area contributed by atoms with Crippen LogP contribution in [0.4, 0.5) is 8.78 Å². The van der Waals surface area contributed by atoms with Crippen molar-refractivity contribution in [3.8, 4) is 5.75 Å². The van der Waals surface area contributed by atoms with Gasteiger partial charge in [-0.1, -0.05) is 15.9 Å². The molecule has 1 amide bonds. The van der Waals surface area contributed by atoms with E-state index in [1.165, 1.54) is 12.2 Å². The highest BCUT2D eigenvalue weighted by atomic mass is 79.9. The maximum Gasteiger partial charge on any atom is 0.247 e. The van der Waals surface area contributed by atoms with Crippen molar-refractivity contribution >= 4 is 39.7 Å². The summed E-state index contributed by atoms with van der Waals surface area (Å²) in [7, 11) is 1.59. The Morgan fingerprint density at radius 3 is 2.88 bits per heavy atom. The Bertz CT molecular complexity index is 859. The van der Waals surface area contributed by atoms with Crippen molar-refractivity contribution in [2.24, 2.45) is 0 Å². The van der Waals surface area contributed by atoms with Crippen molar-refractivity contribution in [1.29, 1.82) is 0 Å². The van der Waals surface area contributed by atoms with Crippen LogP contribution < -0.4 is 4.74 Å². The molecule has 3 rings (SSSR count). The number of thioether (sulfide) groups is 1. The Balaban J connectivity index is 1.84. The smallest absolute Gasteiger partial charge is 0.247 e. The summed E-state index contributed by atoms with van der Waals surface area (Å²) in [4.78, 5) is 14.3. The molecule has 0 aliphatic carbocycles. The van der Waals surface area contributed by atoms with Crippen molar-refractivity contribution in [3.63, 3.8) is 0 Å². The lowest BCUT2D eigenvalue weighted by Gasteiger charge is -2.24. The van der Waals surface area contributed by atoms with Crippen LogP contribution in [-0.4, -0.2) is 30.2 Å². The van der Waals surface area contributed by atoms with Crippen LogP contribution in [0.25, 0.3) is 6.08 Å². The summed E-state index contributed by atoms with van der Waals surface area (Å²) in [6.45, 7) is 0.569. The molecule has 3 nitrogen and oxygen atoms in total. The Morgan fingerprint density at radius 1 is 1.31 bits per heavy atom. The standard InChI is InChI=1S/C19H16BrF2NO2S/c1-25-17-6-3-13(20)11-15(17)19-23(8-9-26-19)18(24)7-2-12-10-14(21)4-5-16(12)22/h2-7,10-11,19H,8-9H2,1H3/b7-2+. The number of benzene rings is 2. The molecule has 1 unspecified atom stereocenters. The highest BCUT2D eigenvalue weighted by Gasteiger charge is 2.31. The van der Waals surface area contributed by atoms with Gasteiger partial charge in [-0.3, -0.25) is 4.79 Å². The van der Waals surface area contributed by atoms with Crippen LogP contribution >= 0.6 is 27.7 Å². The minimum Gasteiger partial charge on any atom is -0.496 e. The molecule has 2 aromatic rings. The number of nitrogens with zero attached hydrogens (tertiary/aromatic N) is 1. The zero-order valence-electron chi connectivity index (χ0n) is 13.9. The Hall–Kier alpha value is -1.86. The molecule has 0 saturated carbocycles. The Kier molecular flexibility index (Phi) is 5.98. The Labute approximate surface area is 163 Å². The molecule has 0 radical (unpaired) electrons. The minimum atomic E-state index is -0.573. The van der Waals surface area contributed by atoms with Crippen LogP contribution in [0, 0.1) is 11.6 Å². The van der Waals surface area contributed by atoms with E-state index in [1.807, 2.05) is 18.2 Å². The SMILES string of the molecule is COc1ccc(Br)cc1C1SCCN1C(=O)/C=C/c1cc(F)ccc1F. The van der Waals surface area contributed by atoms with Gasteiger partial charge in [-0.25, -0.2) is 8.78 Å². The molecular weight excluding hydrogens is 424 g/mol. The van der Waals surface area contributed by atoms with Gasteiger partial charge in [0.25, 0.3) is 0 Å². The molecule has 1 heterocycles. The van der Waals surface area contributed by atoms with E-state index >= 15 is 0 Å². The molecule has 0 bridgehead atoms. The molecule has 1 fully saturated rings. The Morgan fingerprint density at radius 2 is 2.12 bits per heavy atom. The first-order valence-corrected chi connectivity index (χ1v) is 9.72. The fraction of sp³-hybridized carbons (Fsp3) is 0.211. The summed E-state index contributed by atoms with van der Waals surface area (Å²) in [6, 6.07) is 8.80. The van der Waals surface area contributed by atoms with Crippen molar-refractivity contribution in [1.82, 2.24) is 4.90 Å². The van der Waals surface area contributed by atoms with Gasteiger partial charge in [-0.2, -0.15) is 0 Å². The first-order chi connectivity index (χ1) is 12.5. The minimum absolute atomic E-state index is 0.0433. The van der Waals surface area contributed by atoms with Gasteiger partial charge >= 0.3 is 0 Å². The molecule has 1 aliphatic heterocycles. The summed E-state index contributed by atoms with van der Waals surface area (Å²) < 4.78 is 33.3. The third-order valence-corrected chi connectivity index (χ3v) is 5.73. The van der Waals surface area contributed by atoms with Gasteiger partial charge < -0.3 is 9.64 Å². The number of carbonyl (C=O) groups is 1. The summed E-state index contributed by atoms with van der Waals surface area (Å²) in [5.74, 6) is 0.105. The predicted octanol–water partition coefficient (Wildman–Crippen LogP) is 5.02. The number of hydrogen-bond donors (Lipinski definition) is 0. The van der Waals surface area contributed by atoms with Crippen LogP contribution in [0.3, 0.4) is 0 Å². The zero-order chi connectivity index (χ0) is 18.7. The van der Waals surface area contributed by atoms with E-state index in [-0.39, 0.29) is 16.8 Å². The van der Waals surface area contributed by atoms with Crippen LogP contribution in [0.15, 0.2) is 46.9 Å². The number of hydrogen-bond acceptors (Lipinski definition) is 3. The van der Waals surface area contributed by atoms with Crippen LogP contribution in [0.5, 0.6) is 5.75 Å². The number of ether oxygens (including phenoxy) is 1. The third-order valence-electron chi connectivity index (χ3n) is 4.00. The molecule has 2 aromatic carbocycles. The molecule has 1 saturated heterocycles. The van der Waals surface area contributed by atoms with Gasteiger partial charge in [0, 0.05) is 34.0 Å². The van der Waals surface area contributed by atoms with E-state index in [9.17, 15) is 13.6 Å². The monoisotopic (exact) mass is 439 g/mol. The lowest BCUT2D eigenvalue weighted by Crippen LogP contribution is -2.29. The fourth-order valence-electron chi connectivity index (χ4n) is 2.75. The predicted molar refractivity (Wildman–Crippen MR) is 103 cm³/mol. The number of amides is 1. The second kappa shape index (κ2) is 8.22. The van der Waals surface area contributed by atoms with Crippen molar-refractivity contribution in [2.45, 2.75) is 5.37 Å². The average molecular weight is 440 g/mol. The first kappa shape index (κ1) is 18.9. The molecule has 1 aliphatic rings. The molecule has 0 N–H and O–H groups in total. The average Bonchev–Trinajstić information content (AvgIpc) is 3.12. The van der Waals surface area contributed by atoms with Gasteiger partial charge in [0.1, 0.15) is 22.8 Å². The van der Waals surface area contributed by atoms with Crippen LogP contribution in [-0.2, 0) is 4.79 Å². The first-order valence-electron chi connectivity index (χ1n) is 7.88. The summed E-state index contributed by atoms with van der Waals surface area (Å²) in [5, 5.41) is -0.197. The third kappa shape index (κ3) is 4.10. The lowest BCUT2D eigenvalue weighted by molar-refractivity contribution is -0.126. The highest BCUT2D eigenvalue weighted by Crippen LogP contribution is 2.43. The fourth-order valence-corrected chi connectivity index (χ4v) is 4.41. The maximum absolute atomic E-state index is 13.7.